The zero-order valence-corrected chi connectivity index (χ0v) is 23.3. The Morgan fingerprint density at radius 1 is 1.16 bits per heavy atom. The van der Waals surface area contributed by atoms with Crippen molar-refractivity contribution in [2.45, 2.75) is 52.1 Å². The Labute approximate surface area is 228 Å². The molecule has 3 heterocycles. The van der Waals surface area contributed by atoms with Crippen LogP contribution in [0.25, 0.3) is 21.6 Å². The van der Waals surface area contributed by atoms with Crippen molar-refractivity contribution >= 4 is 28.8 Å². The van der Waals surface area contributed by atoms with E-state index in [0.717, 1.165) is 60.3 Å². The van der Waals surface area contributed by atoms with Crippen molar-refractivity contribution in [2.75, 3.05) is 19.7 Å². The number of carbonyl (C=O) groups excluding carboxylic acids is 1. The van der Waals surface area contributed by atoms with Crippen molar-refractivity contribution in [3.05, 3.63) is 58.6 Å². The Morgan fingerprint density at radius 2 is 1.92 bits per heavy atom. The van der Waals surface area contributed by atoms with Crippen molar-refractivity contribution < 1.29 is 14.6 Å². The van der Waals surface area contributed by atoms with Crippen LogP contribution in [0.2, 0.25) is 5.02 Å². The number of aromatic nitrogens is 1. The van der Waals surface area contributed by atoms with E-state index in [1.54, 1.807) is 23.6 Å². The number of hydrogen-bond acceptors (Lipinski definition) is 5. The fraction of sp³-hybridized carbons (Fsp3) is 0.467. The molecule has 5 nitrogen and oxygen atoms in total. The maximum atomic E-state index is 12.9. The van der Waals surface area contributed by atoms with Gasteiger partial charge in [0, 0.05) is 41.4 Å². The van der Waals surface area contributed by atoms with Gasteiger partial charge in [-0.05, 0) is 98.1 Å². The molecule has 3 aromatic rings. The minimum absolute atomic E-state index is 0.0639. The Morgan fingerprint density at radius 3 is 2.62 bits per heavy atom. The van der Waals surface area contributed by atoms with Gasteiger partial charge in [-0.25, -0.2) is 4.98 Å². The number of benzene rings is 1. The van der Waals surface area contributed by atoms with Crippen LogP contribution in [0.5, 0.6) is 5.88 Å². The molecule has 196 valence electrons. The lowest BCUT2D eigenvalue weighted by molar-refractivity contribution is -0.0516. The summed E-state index contributed by atoms with van der Waals surface area (Å²) in [5.74, 6) is 2.17. The molecule has 0 atom stereocenters. The summed E-state index contributed by atoms with van der Waals surface area (Å²) in [6.45, 7) is 8.25. The summed E-state index contributed by atoms with van der Waals surface area (Å²) >= 11 is 8.30. The van der Waals surface area contributed by atoms with E-state index in [1.807, 2.05) is 43.0 Å². The van der Waals surface area contributed by atoms with E-state index >= 15 is 0 Å². The number of nitrogens with zero attached hydrogens (tertiary/aromatic N) is 2. The predicted octanol–water partition coefficient (Wildman–Crippen LogP) is 7.18. The standard InChI is InChI=1S/C30H35ClN2O3S/c1-19-7-10-33(11-8-19)29(34)22-4-5-25(26(31)14-22)27-15-23(18-37-27)21-6-9-32-28(16-21)36-17-20-12-24(13-20)30(2,3)35/h4-6,9,14-16,18-20,24,35H,7-8,10-13,17H2,1-3H3. The highest BCUT2D eigenvalue weighted by Crippen LogP contribution is 2.41. The van der Waals surface area contributed by atoms with Gasteiger partial charge in [-0.15, -0.1) is 11.3 Å². The van der Waals surface area contributed by atoms with Gasteiger partial charge in [0.15, 0.2) is 0 Å². The molecule has 5 rings (SSSR count). The van der Waals surface area contributed by atoms with Gasteiger partial charge in [0.1, 0.15) is 0 Å². The number of aliphatic hydroxyl groups is 1. The molecule has 1 saturated heterocycles. The molecule has 0 radical (unpaired) electrons. The first-order valence-electron chi connectivity index (χ1n) is 13.2. The van der Waals surface area contributed by atoms with Crippen molar-refractivity contribution in [1.29, 1.82) is 0 Å². The number of likely N-dealkylation sites (tertiary alicyclic amines) is 1. The van der Waals surface area contributed by atoms with Gasteiger partial charge < -0.3 is 14.7 Å². The Balaban J connectivity index is 1.23. The third-order valence-corrected chi connectivity index (χ3v) is 9.20. The van der Waals surface area contributed by atoms with E-state index in [4.69, 9.17) is 16.3 Å². The second kappa shape index (κ2) is 10.8. The predicted molar refractivity (Wildman–Crippen MR) is 150 cm³/mol. The number of ether oxygens (including phenoxy) is 1. The Kier molecular flexibility index (Phi) is 7.62. The summed E-state index contributed by atoms with van der Waals surface area (Å²) in [4.78, 5) is 20.3. The highest BCUT2D eigenvalue weighted by atomic mass is 35.5. The summed E-state index contributed by atoms with van der Waals surface area (Å²) in [5, 5.41) is 12.8. The first kappa shape index (κ1) is 26.2. The van der Waals surface area contributed by atoms with Crippen LogP contribution in [-0.4, -0.2) is 46.2 Å². The van der Waals surface area contributed by atoms with Gasteiger partial charge >= 0.3 is 0 Å². The molecule has 0 bridgehead atoms. The molecule has 1 aromatic carbocycles. The van der Waals surface area contributed by atoms with Gasteiger partial charge in [0.25, 0.3) is 5.91 Å². The van der Waals surface area contributed by atoms with Crippen LogP contribution in [0.3, 0.4) is 0 Å². The van der Waals surface area contributed by atoms with Crippen LogP contribution in [-0.2, 0) is 0 Å². The summed E-state index contributed by atoms with van der Waals surface area (Å²) in [6.07, 6.45) is 5.86. The fourth-order valence-corrected chi connectivity index (χ4v) is 6.49. The van der Waals surface area contributed by atoms with Crippen LogP contribution in [0, 0.1) is 17.8 Å². The maximum absolute atomic E-state index is 12.9. The molecule has 2 aliphatic rings. The third-order valence-electron chi connectivity index (χ3n) is 7.92. The quantitative estimate of drug-likeness (QED) is 0.346. The minimum atomic E-state index is -0.615. The van der Waals surface area contributed by atoms with Crippen LogP contribution in [0.4, 0.5) is 0 Å². The molecule has 1 aliphatic heterocycles. The molecule has 7 heteroatoms. The third kappa shape index (κ3) is 6.02. The number of rotatable bonds is 7. The second-order valence-electron chi connectivity index (χ2n) is 11.3. The normalized spacial score (nSPS) is 20.5. The molecule has 2 aromatic heterocycles. The lowest BCUT2D eigenvalue weighted by Crippen LogP contribution is -2.42. The molecule has 1 amide bonds. The molecule has 37 heavy (non-hydrogen) atoms. The van der Waals surface area contributed by atoms with Crippen molar-refractivity contribution in [2.24, 2.45) is 17.8 Å². The average Bonchev–Trinajstić information content (AvgIpc) is 3.32. The number of amides is 1. The fourth-order valence-electron chi connectivity index (χ4n) is 5.19. The number of carbonyl (C=O) groups is 1. The van der Waals surface area contributed by atoms with Crippen LogP contribution in [0.1, 0.15) is 56.8 Å². The van der Waals surface area contributed by atoms with Crippen LogP contribution < -0.4 is 4.74 Å². The van der Waals surface area contributed by atoms with E-state index in [1.165, 1.54) is 0 Å². The first-order chi connectivity index (χ1) is 17.7. The molecule has 0 spiro atoms. The molecule has 1 aliphatic carbocycles. The maximum Gasteiger partial charge on any atom is 0.253 e. The topological polar surface area (TPSA) is 62.7 Å². The van der Waals surface area contributed by atoms with Crippen molar-refractivity contribution in [3.8, 4) is 27.4 Å². The Bertz CT molecular complexity index is 1250. The smallest absolute Gasteiger partial charge is 0.253 e. The highest BCUT2D eigenvalue weighted by molar-refractivity contribution is 7.14. The highest BCUT2D eigenvalue weighted by Gasteiger charge is 2.39. The molecule has 2 fully saturated rings. The zero-order valence-electron chi connectivity index (χ0n) is 21.7. The van der Waals surface area contributed by atoms with E-state index in [-0.39, 0.29) is 5.91 Å². The lowest BCUT2D eigenvalue weighted by atomic mass is 9.68. The van der Waals surface area contributed by atoms with E-state index in [9.17, 15) is 9.90 Å². The zero-order chi connectivity index (χ0) is 26.2. The summed E-state index contributed by atoms with van der Waals surface area (Å²) in [6, 6.07) is 11.7. The molecular formula is C30H35ClN2O3S. The van der Waals surface area contributed by atoms with Crippen molar-refractivity contribution in [3.63, 3.8) is 0 Å². The summed E-state index contributed by atoms with van der Waals surface area (Å²) in [5.41, 5.74) is 3.08. The van der Waals surface area contributed by atoms with Gasteiger partial charge in [-0.3, -0.25) is 4.79 Å². The average molecular weight is 539 g/mol. The van der Waals surface area contributed by atoms with E-state index in [0.29, 0.717) is 40.8 Å². The Hall–Kier alpha value is -2.41. The van der Waals surface area contributed by atoms with E-state index < -0.39 is 5.60 Å². The second-order valence-corrected chi connectivity index (χ2v) is 12.6. The number of piperidine rings is 1. The van der Waals surface area contributed by atoms with Crippen molar-refractivity contribution in [1.82, 2.24) is 9.88 Å². The minimum Gasteiger partial charge on any atom is -0.477 e. The molecular weight excluding hydrogens is 504 g/mol. The van der Waals surface area contributed by atoms with Gasteiger partial charge in [0.05, 0.1) is 17.2 Å². The van der Waals surface area contributed by atoms with Crippen LogP contribution >= 0.6 is 22.9 Å². The number of halogens is 1. The number of pyridine rings is 1. The SMILES string of the molecule is CC1CCN(C(=O)c2ccc(-c3cc(-c4ccnc(OCC5CC(C(C)(C)O)C5)c4)cs3)c(Cl)c2)CC1. The van der Waals surface area contributed by atoms with Gasteiger partial charge in [-0.1, -0.05) is 24.6 Å². The first-order valence-corrected chi connectivity index (χ1v) is 14.4. The van der Waals surface area contributed by atoms with Crippen LogP contribution in [0.15, 0.2) is 48.0 Å². The van der Waals surface area contributed by atoms with Gasteiger partial charge in [-0.2, -0.15) is 0 Å². The number of thiophene rings is 1. The largest absolute Gasteiger partial charge is 0.477 e. The molecule has 0 unspecified atom stereocenters. The van der Waals surface area contributed by atoms with E-state index in [2.05, 4.69) is 23.4 Å². The number of hydrogen-bond donors (Lipinski definition) is 1. The molecule has 1 saturated carbocycles. The molecule has 1 N–H and O–H groups in total. The monoisotopic (exact) mass is 538 g/mol. The summed E-state index contributed by atoms with van der Waals surface area (Å²) in [7, 11) is 0. The lowest BCUT2D eigenvalue weighted by Gasteiger charge is -2.42. The summed E-state index contributed by atoms with van der Waals surface area (Å²) < 4.78 is 5.99. The van der Waals surface area contributed by atoms with Gasteiger partial charge in [0.2, 0.25) is 5.88 Å².